The number of carboxylic acids is 1. The zero-order chi connectivity index (χ0) is 70.6. The molecule has 94 heavy (non-hydrogen) atoms. The molecular formula is C54H92N4O36. The summed E-state index contributed by atoms with van der Waals surface area (Å²) in [6.07, 6.45) is -70.5. The lowest BCUT2D eigenvalue weighted by atomic mass is 9.62. The number of nitrogens with one attached hydrogen (secondary N) is 1. The molecule has 0 aromatic rings. The van der Waals surface area contributed by atoms with Crippen molar-refractivity contribution < 1.29 is 179 Å². The van der Waals surface area contributed by atoms with Gasteiger partial charge in [0.05, 0.1) is 39.6 Å². The van der Waals surface area contributed by atoms with Crippen LogP contribution in [0, 0.1) is 0 Å². The molecule has 6 saturated heterocycles. The van der Waals surface area contributed by atoms with E-state index in [0.717, 1.165) is 0 Å². The number of carboxylic acid groups (broad SMARTS) is 1. The summed E-state index contributed by atoms with van der Waals surface area (Å²) >= 11 is 0. The first-order valence-electron chi connectivity index (χ1n) is 30.3. The van der Waals surface area contributed by atoms with Crippen molar-refractivity contribution in [3.63, 3.8) is 0 Å². The maximum absolute atomic E-state index is 17.0. The Morgan fingerprint density at radius 1 is 0.447 bits per heavy atom. The van der Waals surface area contributed by atoms with Crippen molar-refractivity contribution in [1.29, 1.82) is 0 Å². The summed E-state index contributed by atoms with van der Waals surface area (Å²) in [5, 5.41) is 253. The van der Waals surface area contributed by atoms with Gasteiger partial charge in [-0.05, 0) is 72.4 Å². The van der Waals surface area contributed by atoms with Gasteiger partial charge in [0, 0.05) is 0 Å². The average Bonchev–Trinajstić information content (AvgIpc) is 0.664. The summed E-state index contributed by atoms with van der Waals surface area (Å²) in [5.41, 5.74) is -5.16. The Kier molecular flexibility index (Phi) is 27.7. The van der Waals surface area contributed by atoms with Crippen molar-refractivity contribution in [2.24, 2.45) is 11.5 Å². The van der Waals surface area contributed by atoms with E-state index in [1.807, 2.05) is 0 Å². The molecule has 1 amide bonds. The molecule has 0 bridgehead atoms. The van der Waals surface area contributed by atoms with E-state index in [0.29, 0.717) is 20.8 Å². The lowest BCUT2D eigenvalue weighted by molar-refractivity contribution is -0.421. The number of hydrogen-bond acceptors (Lipinski definition) is 38. The molecule has 27 N–H and O–H groups in total. The van der Waals surface area contributed by atoms with Gasteiger partial charge in [0.15, 0.2) is 41.8 Å². The number of Topliss-reactive ketones (excluding diaryl/α,β-unsaturated/α-hetero) is 3. The van der Waals surface area contributed by atoms with Crippen LogP contribution >= 0.6 is 0 Å². The van der Waals surface area contributed by atoms with E-state index in [2.05, 4.69) is 5.32 Å². The van der Waals surface area contributed by atoms with E-state index in [1.165, 1.54) is 0 Å². The Balaban J connectivity index is 1.80. The molecule has 32 atom stereocenters. The van der Waals surface area contributed by atoms with Gasteiger partial charge in [-0.1, -0.05) is 0 Å². The molecule has 544 valence electrons. The molecule has 0 radical (unpaired) electrons. The van der Waals surface area contributed by atoms with E-state index in [4.69, 9.17) is 54.1 Å². The van der Waals surface area contributed by atoms with Crippen molar-refractivity contribution in [3.05, 3.63) is 0 Å². The van der Waals surface area contributed by atoms with E-state index in [9.17, 15) is 117 Å². The van der Waals surface area contributed by atoms with Crippen LogP contribution in [0.1, 0.15) is 59.3 Å². The number of rotatable bonds is 30. The summed E-state index contributed by atoms with van der Waals surface area (Å²) in [4.78, 5) is 77.7. The van der Waals surface area contributed by atoms with Crippen LogP contribution in [0.5, 0.6) is 0 Å². The number of hydrogen-bond donors (Lipinski definition) is 25. The molecule has 40 nitrogen and oxygen atoms in total. The number of carbonyl (C=O) groups is 5. The molecule has 6 fully saturated rings. The highest BCUT2D eigenvalue weighted by molar-refractivity contribution is 6.03. The van der Waals surface area contributed by atoms with Crippen LogP contribution in [0.2, 0.25) is 0 Å². The van der Waals surface area contributed by atoms with Crippen LogP contribution in [-0.2, 0) is 66.6 Å². The fraction of sp³-hybridized carbons (Fsp3) is 0.907. The average molecular weight is 1370 g/mol. The number of aliphatic hydroxyl groups is 21. The first kappa shape index (κ1) is 79.6. The number of ketones is 3. The number of amides is 1. The quantitative estimate of drug-likeness (QED) is 0.0297. The van der Waals surface area contributed by atoms with E-state index in [1.54, 1.807) is 0 Å². The molecule has 6 heterocycles. The lowest BCUT2D eigenvalue weighted by Crippen LogP contribution is -2.94. The zero-order valence-corrected chi connectivity index (χ0v) is 51.2. The fourth-order valence-electron chi connectivity index (χ4n) is 13.4. The number of carbonyl (C=O) groups excluding carboxylic acids is 4. The van der Waals surface area contributed by atoms with Crippen LogP contribution in [0.4, 0.5) is 0 Å². The molecule has 6 aliphatic heterocycles. The van der Waals surface area contributed by atoms with Crippen LogP contribution in [-0.4, -0.2) is 393 Å². The highest BCUT2D eigenvalue weighted by Crippen LogP contribution is 2.57. The Hall–Kier alpha value is -3.37. The number of nitrogens with zero attached hydrogens (tertiary/aromatic N) is 1. The van der Waals surface area contributed by atoms with Crippen LogP contribution < -0.4 is 16.8 Å². The molecule has 0 spiro atoms. The third-order valence-corrected chi connectivity index (χ3v) is 18.4. The smallest absolute Gasteiger partial charge is 0.326 e. The molecule has 0 aliphatic carbocycles. The van der Waals surface area contributed by atoms with Gasteiger partial charge < -0.3 is 172 Å². The minimum atomic E-state index is -4.27. The Labute approximate surface area is 534 Å². The second-order valence-corrected chi connectivity index (χ2v) is 24.1. The van der Waals surface area contributed by atoms with Crippen LogP contribution in [0.15, 0.2) is 0 Å². The van der Waals surface area contributed by atoms with Gasteiger partial charge in [-0.15, -0.1) is 0 Å². The molecule has 3 unspecified atom stereocenters. The molecule has 6 aliphatic rings. The van der Waals surface area contributed by atoms with E-state index >= 15 is 19.2 Å². The summed E-state index contributed by atoms with van der Waals surface area (Å²) < 4.78 is 53.1. The molecule has 0 saturated carbocycles. The number of unbranched alkanes of at least 4 members (excludes halogenated alkanes) is 2. The maximum Gasteiger partial charge on any atom is 0.326 e. The van der Waals surface area contributed by atoms with Crippen molar-refractivity contribution in [1.82, 2.24) is 10.2 Å². The molecule has 0 aromatic carbocycles. The minimum Gasteiger partial charge on any atom is -0.480 e. The zero-order valence-electron chi connectivity index (χ0n) is 51.2. The third kappa shape index (κ3) is 14.1. The van der Waals surface area contributed by atoms with Gasteiger partial charge >= 0.3 is 5.97 Å². The Bertz CT molecular complexity index is 2420. The number of aliphatic carboxylic acids is 1. The number of aliphatic hydroxyl groups excluding tert-OH is 21. The monoisotopic (exact) mass is 1370 g/mol. The SMILES string of the molecule is CC(=O)C1(N(C2(C(C)=O)O[C@H](CO)[C@@H](O[C@@H]3O[C@H](CO)[C@H](O)[C@H](O)[C@H]3O)[C@H](O)[C@H]2O)[C@@](CCCCN)(C(=O)N[C@@H](CCCCN)C(=O)O)C2(C(C)=O)O[C@H](CO)[C@@H](O[C@@H]3O[C@H](CO)[C@H](O)[C@H](O)[C@H]3O)[C@H](O)[C@H]2O)O[C@H](CO)[C@@H](O[C@@H]2O[C@H](CO)[C@H](O)[C@H](O)[C@H]2O)[C@H](O)[C@H]1O. The Morgan fingerprint density at radius 2 is 0.777 bits per heavy atom. The summed E-state index contributed by atoms with van der Waals surface area (Å²) in [7, 11) is 0. The molecular weight excluding hydrogens is 1280 g/mol. The van der Waals surface area contributed by atoms with Crippen molar-refractivity contribution in [3.8, 4) is 0 Å². The normalized spacial score (nSPS) is 44.7. The first-order valence-corrected chi connectivity index (χ1v) is 30.3. The number of ether oxygens (including phenoxy) is 9. The van der Waals surface area contributed by atoms with Gasteiger partial charge in [-0.25, -0.2) is 9.69 Å². The van der Waals surface area contributed by atoms with E-state index in [-0.39, 0.29) is 24.3 Å². The van der Waals surface area contributed by atoms with Crippen molar-refractivity contribution in [2.45, 2.75) is 253 Å². The molecule has 6 rings (SSSR count). The van der Waals surface area contributed by atoms with Gasteiger partial charge in [-0.3, -0.25) is 19.2 Å². The van der Waals surface area contributed by atoms with Crippen LogP contribution in [0.25, 0.3) is 0 Å². The van der Waals surface area contributed by atoms with Gasteiger partial charge in [-0.2, -0.15) is 0 Å². The second kappa shape index (κ2) is 32.7. The summed E-state index contributed by atoms with van der Waals surface area (Å²) in [6.45, 7) is -7.40. The fourth-order valence-corrected chi connectivity index (χ4v) is 13.4. The van der Waals surface area contributed by atoms with Gasteiger partial charge in [0.2, 0.25) is 17.4 Å². The third-order valence-electron chi connectivity index (χ3n) is 18.4. The maximum atomic E-state index is 17.0. The standard InChI is InChI=1S/C54H92N4O36/c1-18(65)52(43(80)37(77)40(25(15-62)92-52)89-47-34(74)31(71)28(68)22(12-59)86-47)51(9-5-7-11-56,50(85)57-21(46(83)84)8-4-6-10-55)58(53(19(2)66)44(81)38(78)41(26(16-63)93-53)90-48-35(75)32(72)29(69)23(13-60)87-48)54(20(3)67)45(82)39(79)42(27(17-64)94-54)91-49-36(76)33(73)30(70)24(14-61)88-49/h21-45,47-49,59-64,68-82H,4-17,55-56H2,1-3H3,(H,57,85)(H,83,84)/t21-,22+,23+,24+,25+,26+,27+,28-,29-,30-,31-,32-,33-,34+,35+,36+,37-,38-,39-,40+,41+,42+,43+,44+,45+,47-,48-,49-,51-,52?,53?,54?/m0/s1. The molecule has 0 aromatic heterocycles. The predicted octanol–water partition coefficient (Wildman–Crippen LogP) is -15.4. The number of nitrogens with two attached hydrogens (primary N) is 2. The predicted molar refractivity (Wildman–Crippen MR) is 298 cm³/mol. The summed E-state index contributed by atoms with van der Waals surface area (Å²) in [6, 6.07) is -2.30. The Morgan fingerprint density at radius 3 is 1.09 bits per heavy atom. The molecule has 40 heteroatoms. The van der Waals surface area contributed by atoms with Gasteiger partial charge in [0.1, 0.15) is 158 Å². The first-order chi connectivity index (χ1) is 44.2. The van der Waals surface area contributed by atoms with Crippen LogP contribution in [0.3, 0.4) is 0 Å². The summed E-state index contributed by atoms with van der Waals surface area (Å²) in [5.74, 6) is -9.69. The topological polar surface area (TPSA) is 681 Å². The highest BCUT2D eigenvalue weighted by atomic mass is 16.7. The van der Waals surface area contributed by atoms with Crippen molar-refractivity contribution >= 4 is 29.2 Å². The second-order valence-electron chi connectivity index (χ2n) is 24.1. The van der Waals surface area contributed by atoms with Crippen molar-refractivity contribution in [2.75, 3.05) is 52.7 Å². The minimum absolute atomic E-state index is 0.0212. The van der Waals surface area contributed by atoms with E-state index < -0.39 is 295 Å². The highest BCUT2D eigenvalue weighted by Gasteiger charge is 2.83. The van der Waals surface area contributed by atoms with Gasteiger partial charge in [0.25, 0.3) is 0 Å². The largest absolute Gasteiger partial charge is 0.480 e. The lowest BCUT2D eigenvalue weighted by Gasteiger charge is -2.68.